The van der Waals surface area contributed by atoms with Gasteiger partial charge in [-0.25, -0.2) is 0 Å². The number of nitrogens with zero attached hydrogens (tertiary/aromatic N) is 6. The minimum atomic E-state index is -4.52. The predicted octanol–water partition coefficient (Wildman–Crippen LogP) is 3.38. The van der Waals surface area contributed by atoms with Gasteiger partial charge in [0.2, 0.25) is 5.16 Å². The van der Waals surface area contributed by atoms with Crippen molar-refractivity contribution in [1.29, 1.82) is 0 Å². The zero-order valence-electron chi connectivity index (χ0n) is 11.1. The van der Waals surface area contributed by atoms with E-state index in [0.717, 1.165) is 22.3 Å². The summed E-state index contributed by atoms with van der Waals surface area (Å²) in [6, 6.07) is 9.32. The van der Waals surface area contributed by atoms with Gasteiger partial charge in [-0.3, -0.25) is 0 Å². The third kappa shape index (κ3) is 3.67. The van der Waals surface area contributed by atoms with Crippen LogP contribution in [-0.4, -0.2) is 30.4 Å². The summed E-state index contributed by atoms with van der Waals surface area (Å²) in [5.74, 6) is 0. The van der Waals surface area contributed by atoms with E-state index in [1.165, 1.54) is 10.7 Å². The molecule has 0 unspecified atom stereocenters. The van der Waals surface area contributed by atoms with Gasteiger partial charge < -0.3 is 0 Å². The molecule has 1 aromatic carbocycles. The first-order valence-electron chi connectivity index (χ1n) is 6.06. The summed E-state index contributed by atoms with van der Waals surface area (Å²) < 4.78 is 39.8. The van der Waals surface area contributed by atoms with Crippen LogP contribution in [0.2, 0.25) is 0 Å². The molecule has 2 heterocycles. The third-order valence-corrected chi connectivity index (χ3v) is 4.03. The summed E-state index contributed by atoms with van der Waals surface area (Å²) >= 11 is 4.34. The molecule has 0 bridgehead atoms. The lowest BCUT2D eigenvalue weighted by molar-refractivity contribution is -0.141. The van der Waals surface area contributed by atoms with E-state index in [0.29, 0.717) is 10.8 Å². The van der Waals surface area contributed by atoms with Crippen LogP contribution < -0.4 is 0 Å². The topological polar surface area (TPSA) is 69.4 Å². The van der Waals surface area contributed by atoms with Gasteiger partial charge in [0.05, 0.1) is 5.69 Å². The van der Waals surface area contributed by atoms with Crippen molar-refractivity contribution in [2.45, 2.75) is 16.4 Å². The van der Waals surface area contributed by atoms with Crippen LogP contribution in [0.3, 0.4) is 0 Å². The maximum Gasteiger partial charge on any atom is 0.435 e. The number of tetrazole rings is 1. The van der Waals surface area contributed by atoms with E-state index in [9.17, 15) is 13.2 Å². The van der Waals surface area contributed by atoms with E-state index in [1.54, 1.807) is 12.1 Å². The summed E-state index contributed by atoms with van der Waals surface area (Å²) in [5, 5.41) is 18.6. The lowest BCUT2D eigenvalue weighted by atomic mass is 10.3. The number of hydrogen-bond acceptors (Lipinski definition) is 6. The lowest BCUT2D eigenvalue weighted by Crippen LogP contribution is -2.08. The van der Waals surface area contributed by atoms with Crippen molar-refractivity contribution in [2.75, 3.05) is 0 Å². The quantitative estimate of drug-likeness (QED) is 0.668. The number of benzene rings is 1. The maximum atomic E-state index is 12.5. The van der Waals surface area contributed by atoms with Crippen molar-refractivity contribution in [3.63, 3.8) is 0 Å². The van der Waals surface area contributed by atoms with Crippen molar-refractivity contribution in [3.05, 3.63) is 46.6 Å². The SMILES string of the molecule is FC(F)(F)c1ccc(Sc2nnnn2-c2ccc(Br)cc2)nn1. The van der Waals surface area contributed by atoms with Gasteiger partial charge >= 0.3 is 6.18 Å². The highest BCUT2D eigenvalue weighted by molar-refractivity contribution is 9.10. The minimum Gasteiger partial charge on any atom is -0.187 e. The standard InChI is InChI=1S/C12H6BrF3N6S/c13-7-1-3-8(4-2-7)22-11(19-20-21-22)23-10-6-5-9(17-18-10)12(14,15)16/h1-6H. The zero-order chi connectivity index (χ0) is 16.4. The van der Waals surface area contributed by atoms with Gasteiger partial charge in [0.25, 0.3) is 0 Å². The molecular formula is C12H6BrF3N6S. The van der Waals surface area contributed by atoms with E-state index in [4.69, 9.17) is 0 Å². The minimum absolute atomic E-state index is 0.256. The Kier molecular flexibility index (Phi) is 4.31. The molecule has 0 fully saturated rings. The number of aromatic nitrogens is 6. The highest BCUT2D eigenvalue weighted by atomic mass is 79.9. The monoisotopic (exact) mass is 402 g/mol. The smallest absolute Gasteiger partial charge is 0.187 e. The van der Waals surface area contributed by atoms with E-state index < -0.39 is 11.9 Å². The van der Waals surface area contributed by atoms with Crippen LogP contribution in [0.4, 0.5) is 13.2 Å². The first-order valence-corrected chi connectivity index (χ1v) is 7.67. The summed E-state index contributed by atoms with van der Waals surface area (Å²) in [6.07, 6.45) is -4.52. The second-order valence-electron chi connectivity index (χ2n) is 4.21. The predicted molar refractivity (Wildman–Crippen MR) is 78.0 cm³/mol. The lowest BCUT2D eigenvalue weighted by Gasteiger charge is -2.05. The molecule has 11 heteroatoms. The Bertz CT molecular complexity index is 803. The Labute approximate surface area is 140 Å². The fourth-order valence-electron chi connectivity index (χ4n) is 1.61. The molecule has 0 aliphatic heterocycles. The Morgan fingerprint density at radius 1 is 0.957 bits per heavy atom. The van der Waals surface area contributed by atoms with Crippen molar-refractivity contribution >= 4 is 27.7 Å². The Morgan fingerprint density at radius 3 is 2.30 bits per heavy atom. The van der Waals surface area contributed by atoms with Gasteiger partial charge in [-0.15, -0.1) is 15.3 Å². The van der Waals surface area contributed by atoms with Gasteiger partial charge in [-0.05, 0) is 58.6 Å². The van der Waals surface area contributed by atoms with Crippen LogP contribution in [0.1, 0.15) is 5.69 Å². The van der Waals surface area contributed by atoms with E-state index in [-0.39, 0.29) is 5.03 Å². The molecule has 3 aromatic rings. The van der Waals surface area contributed by atoms with E-state index >= 15 is 0 Å². The third-order valence-electron chi connectivity index (χ3n) is 2.64. The highest BCUT2D eigenvalue weighted by Crippen LogP contribution is 2.29. The highest BCUT2D eigenvalue weighted by Gasteiger charge is 2.32. The molecule has 0 saturated heterocycles. The van der Waals surface area contributed by atoms with E-state index in [2.05, 4.69) is 41.7 Å². The Hall–Kier alpha value is -2.01. The van der Waals surface area contributed by atoms with Gasteiger partial charge in [-0.1, -0.05) is 15.9 Å². The van der Waals surface area contributed by atoms with Crippen LogP contribution in [0.25, 0.3) is 5.69 Å². The van der Waals surface area contributed by atoms with Gasteiger partial charge in [0, 0.05) is 4.47 Å². The maximum absolute atomic E-state index is 12.5. The number of alkyl halides is 3. The zero-order valence-corrected chi connectivity index (χ0v) is 13.5. The molecule has 23 heavy (non-hydrogen) atoms. The van der Waals surface area contributed by atoms with Crippen molar-refractivity contribution < 1.29 is 13.2 Å². The second kappa shape index (κ2) is 6.24. The van der Waals surface area contributed by atoms with Crippen LogP contribution in [0.15, 0.2) is 51.1 Å². The van der Waals surface area contributed by atoms with Crippen molar-refractivity contribution in [1.82, 2.24) is 30.4 Å². The van der Waals surface area contributed by atoms with Crippen LogP contribution in [0.5, 0.6) is 0 Å². The fraction of sp³-hybridized carbons (Fsp3) is 0.0833. The first-order chi connectivity index (χ1) is 10.9. The van der Waals surface area contributed by atoms with Crippen LogP contribution in [0, 0.1) is 0 Å². The average molecular weight is 403 g/mol. The molecule has 0 amide bonds. The molecule has 6 nitrogen and oxygen atoms in total. The van der Waals surface area contributed by atoms with Crippen molar-refractivity contribution in [3.8, 4) is 5.69 Å². The molecule has 0 saturated carbocycles. The van der Waals surface area contributed by atoms with Gasteiger partial charge in [0.15, 0.2) is 5.69 Å². The Balaban J connectivity index is 1.84. The number of rotatable bonds is 3. The molecule has 0 atom stereocenters. The largest absolute Gasteiger partial charge is 0.435 e. The van der Waals surface area contributed by atoms with E-state index in [1.807, 2.05) is 12.1 Å². The summed E-state index contributed by atoms with van der Waals surface area (Å²) in [6.45, 7) is 0. The normalized spacial score (nSPS) is 11.7. The van der Waals surface area contributed by atoms with Crippen LogP contribution in [-0.2, 0) is 6.18 Å². The number of halogens is 4. The average Bonchev–Trinajstić information content (AvgIpc) is 2.96. The molecule has 0 aliphatic carbocycles. The number of hydrogen-bond donors (Lipinski definition) is 0. The summed E-state index contributed by atoms with van der Waals surface area (Å²) in [5.41, 5.74) is -0.338. The summed E-state index contributed by atoms with van der Waals surface area (Å²) in [4.78, 5) is 0. The molecule has 3 rings (SSSR count). The second-order valence-corrected chi connectivity index (χ2v) is 6.11. The molecule has 0 radical (unpaired) electrons. The molecular weight excluding hydrogens is 397 g/mol. The van der Waals surface area contributed by atoms with Gasteiger partial charge in [-0.2, -0.15) is 17.9 Å². The molecule has 2 aromatic heterocycles. The summed E-state index contributed by atoms with van der Waals surface area (Å²) in [7, 11) is 0. The van der Waals surface area contributed by atoms with Crippen LogP contribution >= 0.6 is 27.7 Å². The molecule has 0 aliphatic rings. The van der Waals surface area contributed by atoms with Crippen molar-refractivity contribution in [2.24, 2.45) is 0 Å². The Morgan fingerprint density at radius 2 is 1.70 bits per heavy atom. The molecule has 0 spiro atoms. The molecule has 0 N–H and O–H groups in total. The molecule has 118 valence electrons. The van der Waals surface area contributed by atoms with Gasteiger partial charge in [0.1, 0.15) is 5.03 Å². The first kappa shape index (κ1) is 15.9. The fourth-order valence-corrected chi connectivity index (χ4v) is 2.58.